The van der Waals surface area contributed by atoms with Gasteiger partial charge in [0.2, 0.25) is 0 Å². The quantitative estimate of drug-likeness (QED) is 0.831. The molecule has 0 fully saturated rings. The Morgan fingerprint density at radius 2 is 2.05 bits per heavy atom. The molecule has 1 atom stereocenters. The first kappa shape index (κ1) is 15.4. The molecule has 0 saturated carbocycles. The largest absolute Gasteiger partial charge is 0.395 e. The van der Waals surface area contributed by atoms with Gasteiger partial charge in [-0.3, -0.25) is 4.90 Å². The van der Waals surface area contributed by atoms with Crippen molar-refractivity contribution >= 4 is 22.9 Å². The highest BCUT2D eigenvalue weighted by atomic mass is 35.5. The van der Waals surface area contributed by atoms with E-state index in [0.29, 0.717) is 5.88 Å². The van der Waals surface area contributed by atoms with Gasteiger partial charge >= 0.3 is 0 Å². The number of benzene rings is 1. The Labute approximate surface area is 128 Å². The van der Waals surface area contributed by atoms with Crippen molar-refractivity contribution in [1.29, 1.82) is 0 Å². The number of halogens is 1. The molecule has 1 aromatic carbocycles. The summed E-state index contributed by atoms with van der Waals surface area (Å²) in [7, 11) is 2.02. The summed E-state index contributed by atoms with van der Waals surface area (Å²) in [6.07, 6.45) is 0. The first-order chi connectivity index (χ1) is 9.63. The van der Waals surface area contributed by atoms with E-state index in [1.165, 1.54) is 5.56 Å². The fourth-order valence-electron chi connectivity index (χ4n) is 1.84. The van der Waals surface area contributed by atoms with Crippen LogP contribution in [0.1, 0.15) is 18.2 Å². The van der Waals surface area contributed by atoms with Crippen LogP contribution in [0.25, 0.3) is 10.6 Å². The van der Waals surface area contributed by atoms with Crippen LogP contribution in [-0.2, 0) is 12.4 Å². The van der Waals surface area contributed by atoms with E-state index in [2.05, 4.69) is 34.1 Å². The molecule has 0 aliphatic heterocycles. The number of aliphatic hydroxyl groups excluding tert-OH is 1. The van der Waals surface area contributed by atoms with Gasteiger partial charge in [0.15, 0.2) is 0 Å². The third kappa shape index (κ3) is 3.79. The minimum absolute atomic E-state index is 0.167. The van der Waals surface area contributed by atoms with Crippen LogP contribution in [0.15, 0.2) is 29.6 Å². The second-order valence-electron chi connectivity index (χ2n) is 4.92. The van der Waals surface area contributed by atoms with Gasteiger partial charge in [0.1, 0.15) is 5.01 Å². The van der Waals surface area contributed by atoms with E-state index >= 15 is 0 Å². The average molecular weight is 311 g/mol. The maximum absolute atomic E-state index is 9.14. The highest BCUT2D eigenvalue weighted by Gasteiger charge is 2.09. The van der Waals surface area contributed by atoms with E-state index in [-0.39, 0.29) is 12.6 Å². The topological polar surface area (TPSA) is 36.4 Å². The monoisotopic (exact) mass is 310 g/mol. The Kier molecular flexibility index (Phi) is 5.54. The van der Waals surface area contributed by atoms with E-state index in [0.717, 1.165) is 22.8 Å². The third-order valence-electron chi connectivity index (χ3n) is 3.34. The van der Waals surface area contributed by atoms with E-state index in [1.54, 1.807) is 11.3 Å². The number of nitrogens with zero attached hydrogens (tertiary/aromatic N) is 2. The maximum atomic E-state index is 9.14. The Bertz CT molecular complexity index is 541. The van der Waals surface area contributed by atoms with Gasteiger partial charge < -0.3 is 5.11 Å². The van der Waals surface area contributed by atoms with Crippen LogP contribution in [0.5, 0.6) is 0 Å². The fourth-order valence-corrected chi connectivity index (χ4v) is 2.89. The van der Waals surface area contributed by atoms with Crippen molar-refractivity contribution < 1.29 is 5.11 Å². The molecule has 1 N–H and O–H groups in total. The zero-order valence-electron chi connectivity index (χ0n) is 11.7. The molecule has 108 valence electrons. The van der Waals surface area contributed by atoms with Crippen LogP contribution in [0.3, 0.4) is 0 Å². The predicted molar refractivity (Wildman–Crippen MR) is 85.1 cm³/mol. The molecule has 3 nitrogen and oxygen atoms in total. The molecule has 0 spiro atoms. The van der Waals surface area contributed by atoms with E-state index < -0.39 is 0 Å². The normalized spacial score (nSPS) is 12.8. The Balaban J connectivity index is 2.06. The number of likely N-dealkylation sites (N-methyl/N-ethyl adjacent to an activating group) is 1. The van der Waals surface area contributed by atoms with E-state index in [1.807, 2.05) is 19.4 Å². The van der Waals surface area contributed by atoms with Gasteiger partial charge in [-0.25, -0.2) is 4.98 Å². The molecule has 2 aromatic rings. The highest BCUT2D eigenvalue weighted by Crippen LogP contribution is 2.24. The molecule has 0 radical (unpaired) electrons. The number of alkyl halides is 1. The SMILES string of the molecule is CC(CO)N(C)Cc1ccc(-c2nc(CCl)cs2)cc1. The van der Waals surface area contributed by atoms with Crippen molar-refractivity contribution in [3.8, 4) is 10.6 Å². The molecule has 5 heteroatoms. The summed E-state index contributed by atoms with van der Waals surface area (Å²) >= 11 is 7.39. The highest BCUT2D eigenvalue weighted by molar-refractivity contribution is 7.13. The summed E-state index contributed by atoms with van der Waals surface area (Å²) < 4.78 is 0. The van der Waals surface area contributed by atoms with Gasteiger partial charge in [-0.2, -0.15) is 0 Å². The molecular formula is C15H19ClN2OS. The van der Waals surface area contributed by atoms with Crippen molar-refractivity contribution in [2.45, 2.75) is 25.4 Å². The van der Waals surface area contributed by atoms with Crippen LogP contribution in [-0.4, -0.2) is 34.7 Å². The molecular weight excluding hydrogens is 292 g/mol. The van der Waals surface area contributed by atoms with E-state index in [9.17, 15) is 0 Å². The number of aromatic nitrogens is 1. The molecule has 20 heavy (non-hydrogen) atoms. The van der Waals surface area contributed by atoms with Crippen molar-refractivity contribution in [2.75, 3.05) is 13.7 Å². The summed E-state index contributed by atoms with van der Waals surface area (Å²) in [5.41, 5.74) is 3.27. The van der Waals surface area contributed by atoms with Crippen LogP contribution in [0.2, 0.25) is 0 Å². The van der Waals surface area contributed by atoms with Crippen LogP contribution < -0.4 is 0 Å². The molecule has 0 bridgehead atoms. The van der Waals surface area contributed by atoms with Gasteiger partial charge in [-0.05, 0) is 19.5 Å². The Morgan fingerprint density at radius 1 is 1.35 bits per heavy atom. The molecule has 0 amide bonds. The average Bonchev–Trinajstić information content (AvgIpc) is 2.96. The van der Waals surface area contributed by atoms with Gasteiger partial charge in [0, 0.05) is 23.5 Å². The number of aliphatic hydroxyl groups is 1. The van der Waals surface area contributed by atoms with Crippen molar-refractivity contribution in [1.82, 2.24) is 9.88 Å². The Hall–Kier alpha value is -0.940. The molecule has 2 rings (SSSR count). The second kappa shape index (κ2) is 7.18. The second-order valence-corrected chi connectivity index (χ2v) is 6.05. The lowest BCUT2D eigenvalue weighted by Crippen LogP contribution is -2.31. The summed E-state index contributed by atoms with van der Waals surface area (Å²) in [5, 5.41) is 12.1. The number of rotatable bonds is 6. The number of thiazole rings is 1. The van der Waals surface area contributed by atoms with Crippen LogP contribution in [0, 0.1) is 0 Å². The van der Waals surface area contributed by atoms with Crippen molar-refractivity contribution in [3.63, 3.8) is 0 Å². The molecule has 1 aromatic heterocycles. The standard InChI is InChI=1S/C15H19ClN2OS/c1-11(9-19)18(2)8-12-3-5-13(6-4-12)15-17-14(7-16)10-20-15/h3-6,10-11,19H,7-9H2,1-2H3. The first-order valence-electron chi connectivity index (χ1n) is 6.54. The molecule has 0 aliphatic rings. The summed E-state index contributed by atoms with van der Waals surface area (Å²) in [5.74, 6) is 0.457. The van der Waals surface area contributed by atoms with Crippen LogP contribution in [0.4, 0.5) is 0 Å². The summed E-state index contributed by atoms with van der Waals surface area (Å²) in [4.78, 5) is 6.60. The summed E-state index contributed by atoms with van der Waals surface area (Å²) in [6.45, 7) is 3.01. The smallest absolute Gasteiger partial charge is 0.123 e. The maximum Gasteiger partial charge on any atom is 0.123 e. The fraction of sp³-hybridized carbons (Fsp3) is 0.400. The number of hydrogen-bond donors (Lipinski definition) is 1. The zero-order chi connectivity index (χ0) is 14.5. The lowest BCUT2D eigenvalue weighted by Gasteiger charge is -2.22. The predicted octanol–water partition coefficient (Wildman–Crippen LogP) is 3.36. The molecule has 1 heterocycles. The van der Waals surface area contributed by atoms with Gasteiger partial charge in [-0.15, -0.1) is 22.9 Å². The Morgan fingerprint density at radius 3 is 2.60 bits per heavy atom. The lowest BCUT2D eigenvalue weighted by molar-refractivity contribution is 0.154. The molecule has 1 unspecified atom stereocenters. The minimum Gasteiger partial charge on any atom is -0.395 e. The third-order valence-corrected chi connectivity index (χ3v) is 4.55. The first-order valence-corrected chi connectivity index (χ1v) is 7.96. The van der Waals surface area contributed by atoms with Crippen molar-refractivity contribution in [2.24, 2.45) is 0 Å². The van der Waals surface area contributed by atoms with E-state index in [4.69, 9.17) is 16.7 Å². The van der Waals surface area contributed by atoms with Gasteiger partial charge in [0.25, 0.3) is 0 Å². The minimum atomic E-state index is 0.167. The zero-order valence-corrected chi connectivity index (χ0v) is 13.3. The lowest BCUT2D eigenvalue weighted by atomic mass is 10.1. The van der Waals surface area contributed by atoms with Gasteiger partial charge in [0.05, 0.1) is 18.2 Å². The number of hydrogen-bond acceptors (Lipinski definition) is 4. The van der Waals surface area contributed by atoms with Crippen LogP contribution >= 0.6 is 22.9 Å². The molecule has 0 saturated heterocycles. The van der Waals surface area contributed by atoms with Gasteiger partial charge in [-0.1, -0.05) is 24.3 Å². The summed E-state index contributed by atoms with van der Waals surface area (Å²) in [6, 6.07) is 8.56. The van der Waals surface area contributed by atoms with Crippen molar-refractivity contribution in [3.05, 3.63) is 40.9 Å². The molecule has 0 aliphatic carbocycles.